The van der Waals surface area contributed by atoms with E-state index in [0.717, 1.165) is 18.4 Å². The highest BCUT2D eigenvalue weighted by atomic mass is 32.2. The van der Waals surface area contributed by atoms with E-state index in [1.165, 1.54) is 12.3 Å². The molecule has 0 atom stereocenters. The number of hydrogen-bond donors (Lipinski definition) is 2. The number of carbonyl (C=O) groups is 1. The van der Waals surface area contributed by atoms with Gasteiger partial charge in [0.2, 0.25) is 11.8 Å². The Morgan fingerprint density at radius 3 is 2.61 bits per heavy atom. The standard InChI is InChI=1S/C14H13F3N6O6S2/c1-6-8(7(5-30-6)9-22-29-4-3-28-9)31(25,26)23-12(24)20-11-18-10(14(15,16)17)19-13(21-11)27-2/h5H,3-4H2,1-2H3,(H2,18,19,20,21,23,24). The molecule has 3 heterocycles. The summed E-state index contributed by atoms with van der Waals surface area (Å²) in [6.07, 6.45) is -4.96. The number of thiophene rings is 1. The number of sulfonamides is 1. The molecule has 1 aliphatic rings. The Balaban J connectivity index is 1.85. The molecule has 0 radical (unpaired) electrons. The monoisotopic (exact) mass is 482 g/mol. The number of rotatable bonds is 5. The summed E-state index contributed by atoms with van der Waals surface area (Å²) in [4.78, 5) is 26.6. The van der Waals surface area contributed by atoms with Gasteiger partial charge in [0.25, 0.3) is 15.9 Å². The fraction of sp³-hybridized carbons (Fsp3) is 0.357. The topological polar surface area (TPSA) is 154 Å². The number of hydrogen-bond acceptors (Lipinski definition) is 11. The number of aryl methyl sites for hydroxylation is 1. The van der Waals surface area contributed by atoms with Crippen LogP contribution in [0.2, 0.25) is 0 Å². The van der Waals surface area contributed by atoms with Crippen LogP contribution in [0.25, 0.3) is 0 Å². The molecular weight excluding hydrogens is 469 g/mol. The SMILES string of the molecule is COc1nc(NC(=O)NS(=O)(=O)c2c(C3=NOCCO3)csc2C)nc(C(F)(F)F)n1. The zero-order valence-corrected chi connectivity index (χ0v) is 17.3. The van der Waals surface area contributed by atoms with Crippen LogP contribution in [0.4, 0.5) is 23.9 Å². The van der Waals surface area contributed by atoms with E-state index in [1.54, 1.807) is 4.72 Å². The van der Waals surface area contributed by atoms with Crippen LogP contribution in [-0.4, -0.2) is 55.6 Å². The van der Waals surface area contributed by atoms with Crippen LogP contribution in [0.1, 0.15) is 16.3 Å². The van der Waals surface area contributed by atoms with Crippen LogP contribution in [0.3, 0.4) is 0 Å². The molecular formula is C14H13F3N6O6S2. The number of oxime groups is 1. The Morgan fingerprint density at radius 2 is 2.00 bits per heavy atom. The van der Waals surface area contributed by atoms with Crippen molar-refractivity contribution in [1.29, 1.82) is 0 Å². The first kappa shape index (κ1) is 22.5. The van der Waals surface area contributed by atoms with Gasteiger partial charge in [-0.1, -0.05) is 0 Å². The summed E-state index contributed by atoms with van der Waals surface area (Å²) in [7, 11) is -3.49. The molecule has 0 aliphatic carbocycles. The summed E-state index contributed by atoms with van der Waals surface area (Å²) in [5.41, 5.74) is 0.0590. The summed E-state index contributed by atoms with van der Waals surface area (Å²) in [5, 5.41) is 6.90. The molecule has 2 aromatic rings. The van der Waals surface area contributed by atoms with Crippen molar-refractivity contribution >= 4 is 39.2 Å². The number of urea groups is 1. The van der Waals surface area contributed by atoms with Crippen molar-refractivity contribution in [3.63, 3.8) is 0 Å². The third-order valence-electron chi connectivity index (χ3n) is 3.48. The van der Waals surface area contributed by atoms with Gasteiger partial charge in [-0.05, 0) is 12.1 Å². The first-order valence-electron chi connectivity index (χ1n) is 8.13. The van der Waals surface area contributed by atoms with E-state index in [2.05, 4.69) is 24.8 Å². The number of halogens is 3. The Bertz CT molecular complexity index is 1130. The average molecular weight is 482 g/mol. The Morgan fingerprint density at radius 1 is 1.26 bits per heavy atom. The summed E-state index contributed by atoms with van der Waals surface area (Å²) in [6.45, 7) is 1.81. The molecule has 31 heavy (non-hydrogen) atoms. The lowest BCUT2D eigenvalue weighted by molar-refractivity contribution is -0.145. The van der Waals surface area contributed by atoms with E-state index in [0.29, 0.717) is 4.88 Å². The highest BCUT2D eigenvalue weighted by Gasteiger charge is 2.36. The van der Waals surface area contributed by atoms with Crippen LogP contribution in [0.5, 0.6) is 6.01 Å². The molecule has 2 aromatic heterocycles. The lowest BCUT2D eigenvalue weighted by Gasteiger charge is -2.15. The molecule has 12 nitrogen and oxygen atoms in total. The van der Waals surface area contributed by atoms with Gasteiger partial charge in [0, 0.05) is 10.3 Å². The Kier molecular flexibility index (Phi) is 6.16. The smallest absolute Gasteiger partial charge is 0.451 e. The molecule has 17 heteroatoms. The van der Waals surface area contributed by atoms with E-state index >= 15 is 0 Å². The second-order valence-corrected chi connectivity index (χ2v) is 8.34. The number of carbonyl (C=O) groups excluding carboxylic acids is 1. The minimum atomic E-state index is -4.96. The fourth-order valence-corrected chi connectivity index (χ4v) is 4.78. The van der Waals surface area contributed by atoms with Gasteiger partial charge in [-0.2, -0.15) is 28.1 Å². The number of anilines is 1. The molecule has 0 saturated carbocycles. The predicted octanol–water partition coefficient (Wildman–Crippen LogP) is 1.49. The summed E-state index contributed by atoms with van der Waals surface area (Å²) in [6, 6.07) is -2.15. The predicted molar refractivity (Wildman–Crippen MR) is 98.2 cm³/mol. The number of amides is 2. The third-order valence-corrected chi connectivity index (χ3v) is 6.04. The number of nitrogens with zero attached hydrogens (tertiary/aromatic N) is 4. The molecule has 0 unspecified atom stereocenters. The van der Waals surface area contributed by atoms with E-state index in [-0.39, 0.29) is 29.6 Å². The van der Waals surface area contributed by atoms with Gasteiger partial charge in [0.15, 0.2) is 6.61 Å². The van der Waals surface area contributed by atoms with Crippen molar-refractivity contribution in [1.82, 2.24) is 19.7 Å². The first-order chi connectivity index (χ1) is 14.5. The number of nitrogens with one attached hydrogen (secondary N) is 2. The van der Waals surface area contributed by atoms with Crippen molar-refractivity contribution in [2.45, 2.75) is 18.0 Å². The Labute approximate surface area is 176 Å². The van der Waals surface area contributed by atoms with E-state index in [4.69, 9.17) is 9.57 Å². The second kappa shape index (κ2) is 8.50. The number of methoxy groups -OCH3 is 1. The van der Waals surface area contributed by atoms with Crippen molar-refractivity contribution in [2.24, 2.45) is 5.16 Å². The highest BCUT2D eigenvalue weighted by Crippen LogP contribution is 2.29. The van der Waals surface area contributed by atoms with Crippen molar-refractivity contribution < 1.29 is 40.7 Å². The summed E-state index contributed by atoms with van der Waals surface area (Å²) < 4.78 is 75.6. The minimum Gasteiger partial charge on any atom is -0.471 e. The molecule has 168 valence electrons. The van der Waals surface area contributed by atoms with Crippen molar-refractivity contribution in [3.8, 4) is 6.01 Å². The van der Waals surface area contributed by atoms with Gasteiger partial charge >= 0.3 is 18.2 Å². The number of alkyl halides is 3. The second-order valence-electron chi connectivity index (χ2n) is 5.64. The fourth-order valence-electron chi connectivity index (χ4n) is 2.29. The molecule has 0 saturated heterocycles. The molecule has 2 amide bonds. The van der Waals surface area contributed by atoms with Gasteiger partial charge in [-0.3, -0.25) is 5.32 Å². The Hall–Kier alpha value is -3.21. The molecule has 3 rings (SSSR count). The molecule has 0 fully saturated rings. The molecule has 0 aromatic carbocycles. The maximum absolute atomic E-state index is 12.9. The molecule has 2 N–H and O–H groups in total. The molecule has 1 aliphatic heterocycles. The molecule has 0 bridgehead atoms. The zero-order chi connectivity index (χ0) is 22.8. The quantitative estimate of drug-likeness (QED) is 0.645. The highest BCUT2D eigenvalue weighted by molar-refractivity contribution is 7.90. The van der Waals surface area contributed by atoms with Gasteiger partial charge < -0.3 is 14.3 Å². The maximum atomic E-state index is 12.9. The molecule has 0 spiro atoms. The zero-order valence-electron chi connectivity index (χ0n) is 15.7. The van der Waals surface area contributed by atoms with E-state index in [1.807, 2.05) is 5.32 Å². The lowest BCUT2D eigenvalue weighted by atomic mass is 10.3. The largest absolute Gasteiger partial charge is 0.471 e. The van der Waals surface area contributed by atoms with Crippen LogP contribution in [0, 0.1) is 6.92 Å². The van der Waals surface area contributed by atoms with Crippen molar-refractivity contribution in [3.05, 3.63) is 21.6 Å². The summed E-state index contributed by atoms with van der Waals surface area (Å²) >= 11 is 1.05. The van der Waals surface area contributed by atoms with Gasteiger partial charge in [0.05, 0.1) is 12.7 Å². The first-order valence-corrected chi connectivity index (χ1v) is 10.5. The van der Waals surface area contributed by atoms with Crippen LogP contribution < -0.4 is 14.8 Å². The minimum absolute atomic E-state index is 0.0590. The van der Waals surface area contributed by atoms with Gasteiger partial charge in [-0.15, -0.1) is 11.3 Å². The van der Waals surface area contributed by atoms with E-state index < -0.39 is 40.0 Å². The van der Waals surface area contributed by atoms with Gasteiger partial charge in [-0.25, -0.2) is 17.9 Å². The lowest BCUT2D eigenvalue weighted by Crippen LogP contribution is -2.36. The van der Waals surface area contributed by atoms with Crippen LogP contribution in [0.15, 0.2) is 15.4 Å². The number of ether oxygens (including phenoxy) is 2. The van der Waals surface area contributed by atoms with Crippen LogP contribution in [-0.2, 0) is 25.8 Å². The normalized spacial score (nSPS) is 14.2. The van der Waals surface area contributed by atoms with E-state index in [9.17, 15) is 26.4 Å². The third kappa shape index (κ3) is 5.10. The van der Waals surface area contributed by atoms with Crippen LogP contribution >= 0.6 is 11.3 Å². The average Bonchev–Trinajstić information content (AvgIpc) is 3.09. The van der Waals surface area contributed by atoms with Gasteiger partial charge in [0.1, 0.15) is 11.5 Å². The van der Waals surface area contributed by atoms with Crippen molar-refractivity contribution in [2.75, 3.05) is 25.6 Å². The summed E-state index contributed by atoms with van der Waals surface area (Å²) in [5.74, 6) is -2.60. The maximum Gasteiger partial charge on any atom is 0.451 e. The number of aromatic nitrogens is 3.